The van der Waals surface area contributed by atoms with E-state index in [0.717, 1.165) is 0 Å². The number of aromatic nitrogens is 3. The van der Waals surface area contributed by atoms with Gasteiger partial charge in [-0.05, 0) is 6.07 Å². The van der Waals surface area contributed by atoms with Gasteiger partial charge in [-0.3, -0.25) is 0 Å². The molecular weight excluding hydrogens is 186 g/mol. The highest BCUT2D eigenvalue weighted by Crippen LogP contribution is 2.16. The minimum atomic E-state index is -0.787. The lowest BCUT2D eigenvalue weighted by atomic mass is 10.6. The fourth-order valence-electron chi connectivity index (χ4n) is 1.01. The summed E-state index contributed by atoms with van der Waals surface area (Å²) >= 11 is 0. The van der Waals surface area contributed by atoms with Gasteiger partial charge in [0.05, 0.1) is 13.3 Å². The van der Waals surface area contributed by atoms with Crippen LogP contribution in [0.1, 0.15) is 0 Å². The van der Waals surface area contributed by atoms with Gasteiger partial charge < -0.3 is 9.47 Å². The van der Waals surface area contributed by atoms with E-state index in [-0.39, 0.29) is 5.75 Å². The Kier molecular flexibility index (Phi) is 2.02. The van der Waals surface area contributed by atoms with Crippen LogP contribution in [-0.2, 0) is 4.74 Å². The van der Waals surface area contributed by atoms with Gasteiger partial charge in [0.25, 0.3) is 0 Å². The summed E-state index contributed by atoms with van der Waals surface area (Å²) in [6, 6.07) is 1.72. The molecule has 0 unspecified atom stereocenters. The van der Waals surface area contributed by atoms with Crippen molar-refractivity contribution in [3.63, 3.8) is 0 Å². The molecule has 0 N–H and O–H groups in total. The maximum atomic E-state index is 10.8. The zero-order valence-corrected chi connectivity index (χ0v) is 7.38. The van der Waals surface area contributed by atoms with Crippen LogP contribution in [0.2, 0.25) is 0 Å². The van der Waals surface area contributed by atoms with E-state index < -0.39 is 6.16 Å². The molecule has 0 atom stereocenters. The Balaban J connectivity index is 2.38. The molecular formula is C8H7N3O3. The zero-order valence-electron chi connectivity index (χ0n) is 7.38. The van der Waals surface area contributed by atoms with Gasteiger partial charge in [-0.25, -0.2) is 14.3 Å². The molecule has 0 saturated carbocycles. The molecule has 0 saturated heterocycles. The Morgan fingerprint density at radius 3 is 3.21 bits per heavy atom. The maximum absolute atomic E-state index is 10.8. The molecule has 0 aliphatic carbocycles. The minimum absolute atomic E-state index is 0.275. The molecule has 2 aromatic rings. The molecule has 0 aliphatic rings. The molecule has 0 spiro atoms. The lowest BCUT2D eigenvalue weighted by Gasteiger charge is -1.98. The standard InChI is InChI=1S/C8H7N3O3/c1-13-8(12)14-6-5-10-11-4-2-3-9-7(6)11/h2-5H,1H3. The fourth-order valence-corrected chi connectivity index (χ4v) is 1.01. The normalized spacial score (nSPS) is 10.1. The summed E-state index contributed by atoms with van der Waals surface area (Å²) in [6.45, 7) is 0. The van der Waals surface area contributed by atoms with Crippen LogP contribution in [0.15, 0.2) is 24.7 Å². The van der Waals surface area contributed by atoms with Crippen LogP contribution < -0.4 is 4.74 Å². The van der Waals surface area contributed by atoms with Crippen molar-refractivity contribution in [2.24, 2.45) is 0 Å². The fraction of sp³-hybridized carbons (Fsp3) is 0.125. The van der Waals surface area contributed by atoms with Crippen molar-refractivity contribution < 1.29 is 14.3 Å². The molecule has 0 aliphatic heterocycles. The summed E-state index contributed by atoms with van der Waals surface area (Å²) in [5.74, 6) is 0.275. The second-order valence-electron chi connectivity index (χ2n) is 2.45. The highest BCUT2D eigenvalue weighted by atomic mass is 16.7. The molecule has 0 fully saturated rings. The van der Waals surface area contributed by atoms with Gasteiger partial charge in [0.15, 0.2) is 11.4 Å². The van der Waals surface area contributed by atoms with Crippen LogP contribution in [-0.4, -0.2) is 27.9 Å². The van der Waals surface area contributed by atoms with Crippen molar-refractivity contribution in [2.75, 3.05) is 7.11 Å². The predicted molar refractivity (Wildman–Crippen MR) is 46.0 cm³/mol. The Labute approximate surface area is 79.1 Å². The van der Waals surface area contributed by atoms with Gasteiger partial charge in [-0.15, -0.1) is 0 Å². The largest absolute Gasteiger partial charge is 0.513 e. The minimum Gasteiger partial charge on any atom is -0.437 e. The number of carbonyl (C=O) groups excluding carboxylic acids is 1. The summed E-state index contributed by atoms with van der Waals surface area (Å²) in [5.41, 5.74) is 0.470. The first-order valence-corrected chi connectivity index (χ1v) is 3.85. The third-order valence-corrected chi connectivity index (χ3v) is 1.61. The molecule has 2 aromatic heterocycles. The van der Waals surface area contributed by atoms with E-state index in [1.807, 2.05) is 0 Å². The van der Waals surface area contributed by atoms with Crippen LogP contribution in [0.3, 0.4) is 0 Å². The average molecular weight is 193 g/mol. The van der Waals surface area contributed by atoms with Crippen molar-refractivity contribution in [3.05, 3.63) is 24.7 Å². The summed E-state index contributed by atoms with van der Waals surface area (Å²) in [4.78, 5) is 14.8. The molecule has 72 valence electrons. The first-order chi connectivity index (χ1) is 6.81. The molecule has 6 nitrogen and oxygen atoms in total. The van der Waals surface area contributed by atoms with Gasteiger partial charge >= 0.3 is 6.16 Å². The average Bonchev–Trinajstić information content (AvgIpc) is 2.62. The first-order valence-electron chi connectivity index (χ1n) is 3.85. The van der Waals surface area contributed by atoms with Crippen molar-refractivity contribution in [2.45, 2.75) is 0 Å². The zero-order chi connectivity index (χ0) is 9.97. The van der Waals surface area contributed by atoms with Crippen LogP contribution >= 0.6 is 0 Å². The summed E-state index contributed by atoms with van der Waals surface area (Å²) in [5, 5.41) is 3.93. The number of fused-ring (bicyclic) bond motifs is 1. The Morgan fingerprint density at radius 1 is 1.57 bits per heavy atom. The smallest absolute Gasteiger partial charge is 0.437 e. The molecule has 0 aromatic carbocycles. The quantitative estimate of drug-likeness (QED) is 0.629. The highest BCUT2D eigenvalue weighted by molar-refractivity contribution is 5.67. The monoisotopic (exact) mass is 193 g/mol. The van der Waals surface area contributed by atoms with Crippen LogP contribution in [0.25, 0.3) is 5.65 Å². The van der Waals surface area contributed by atoms with Gasteiger partial charge in [0.2, 0.25) is 0 Å². The van der Waals surface area contributed by atoms with Gasteiger partial charge in [-0.1, -0.05) is 0 Å². The molecule has 2 rings (SSSR count). The Morgan fingerprint density at radius 2 is 2.43 bits per heavy atom. The molecule has 0 bridgehead atoms. The number of methoxy groups -OCH3 is 1. The molecule has 14 heavy (non-hydrogen) atoms. The lowest BCUT2D eigenvalue weighted by Crippen LogP contribution is -2.07. The van der Waals surface area contributed by atoms with Crippen LogP contribution in [0, 0.1) is 0 Å². The van der Waals surface area contributed by atoms with Gasteiger partial charge in [0, 0.05) is 12.4 Å². The van der Waals surface area contributed by atoms with Gasteiger partial charge in [-0.2, -0.15) is 5.10 Å². The summed E-state index contributed by atoms with van der Waals surface area (Å²) in [7, 11) is 1.24. The SMILES string of the molecule is COC(=O)Oc1cnn2cccnc12. The topological polar surface area (TPSA) is 65.7 Å². The third-order valence-electron chi connectivity index (χ3n) is 1.61. The second-order valence-corrected chi connectivity index (χ2v) is 2.45. The number of hydrogen-bond donors (Lipinski definition) is 0. The van der Waals surface area contributed by atoms with Crippen molar-refractivity contribution in [1.82, 2.24) is 14.6 Å². The van der Waals surface area contributed by atoms with Crippen LogP contribution in [0.4, 0.5) is 4.79 Å². The van der Waals surface area contributed by atoms with Crippen molar-refractivity contribution in [3.8, 4) is 5.75 Å². The molecule has 0 radical (unpaired) electrons. The Hall–Kier alpha value is -2.11. The van der Waals surface area contributed by atoms with E-state index in [0.29, 0.717) is 5.65 Å². The number of nitrogens with zero attached hydrogens (tertiary/aromatic N) is 3. The molecule has 2 heterocycles. The van der Waals surface area contributed by atoms with E-state index in [4.69, 9.17) is 4.74 Å². The van der Waals surface area contributed by atoms with E-state index >= 15 is 0 Å². The van der Waals surface area contributed by atoms with E-state index in [9.17, 15) is 4.79 Å². The maximum Gasteiger partial charge on any atom is 0.513 e. The molecule has 6 heteroatoms. The van der Waals surface area contributed by atoms with E-state index in [1.165, 1.54) is 17.8 Å². The molecule has 0 amide bonds. The Bertz CT molecular complexity index is 466. The number of carbonyl (C=O) groups is 1. The summed E-state index contributed by atoms with van der Waals surface area (Å²) in [6.07, 6.45) is 3.90. The second kappa shape index (κ2) is 3.33. The van der Waals surface area contributed by atoms with E-state index in [1.54, 1.807) is 18.5 Å². The first kappa shape index (κ1) is 8.49. The van der Waals surface area contributed by atoms with Crippen molar-refractivity contribution in [1.29, 1.82) is 0 Å². The predicted octanol–water partition coefficient (Wildman–Crippen LogP) is 0.874. The number of hydrogen-bond acceptors (Lipinski definition) is 5. The third kappa shape index (κ3) is 1.37. The number of rotatable bonds is 1. The lowest BCUT2D eigenvalue weighted by molar-refractivity contribution is 0.122. The van der Waals surface area contributed by atoms with E-state index in [2.05, 4.69) is 14.8 Å². The van der Waals surface area contributed by atoms with Crippen molar-refractivity contribution >= 4 is 11.8 Å². The number of ether oxygens (including phenoxy) is 2. The highest BCUT2D eigenvalue weighted by Gasteiger charge is 2.10. The van der Waals surface area contributed by atoms with Gasteiger partial charge in [0.1, 0.15) is 0 Å². The van der Waals surface area contributed by atoms with Crippen LogP contribution in [0.5, 0.6) is 5.75 Å². The summed E-state index contributed by atoms with van der Waals surface area (Å²) < 4.78 is 10.7.